The van der Waals surface area contributed by atoms with Gasteiger partial charge in [0.2, 0.25) is 0 Å². The Morgan fingerprint density at radius 2 is 1.79 bits per heavy atom. The van der Waals surface area contributed by atoms with Crippen molar-refractivity contribution >= 4 is 5.65 Å². The normalized spacial score (nSPS) is 22.0. The Bertz CT molecular complexity index is 685. The van der Waals surface area contributed by atoms with Crippen LogP contribution in [0.2, 0.25) is 0 Å². The van der Waals surface area contributed by atoms with E-state index in [1.54, 1.807) is 10.6 Å². The highest BCUT2D eigenvalue weighted by atomic mass is 16.5. The zero-order chi connectivity index (χ0) is 17.3. The molecule has 2 N–H and O–H groups in total. The summed E-state index contributed by atoms with van der Waals surface area (Å²) in [5.41, 5.74) is 3.14. The minimum absolute atomic E-state index is 0.255. The van der Waals surface area contributed by atoms with Crippen LogP contribution in [-0.2, 0) is 6.42 Å². The van der Waals surface area contributed by atoms with Gasteiger partial charge in [0.15, 0.2) is 11.9 Å². The van der Waals surface area contributed by atoms with Gasteiger partial charge in [0, 0.05) is 17.5 Å². The lowest BCUT2D eigenvalue weighted by Gasteiger charge is -2.27. The average Bonchev–Trinajstić information content (AvgIpc) is 2.99. The summed E-state index contributed by atoms with van der Waals surface area (Å²) >= 11 is 0. The number of rotatable bonds is 5. The van der Waals surface area contributed by atoms with Gasteiger partial charge in [-0.25, -0.2) is 9.50 Å². The Labute approximate surface area is 143 Å². The van der Waals surface area contributed by atoms with Crippen LogP contribution in [0.3, 0.4) is 0 Å². The molecule has 5 heteroatoms. The van der Waals surface area contributed by atoms with E-state index in [1.165, 1.54) is 32.1 Å². The highest BCUT2D eigenvalue weighted by molar-refractivity contribution is 5.42. The third-order valence-corrected chi connectivity index (χ3v) is 5.42. The summed E-state index contributed by atoms with van der Waals surface area (Å²) in [5, 5.41) is 23.1. The monoisotopic (exact) mass is 331 g/mol. The van der Waals surface area contributed by atoms with Gasteiger partial charge in [0.25, 0.3) is 0 Å². The van der Waals surface area contributed by atoms with Crippen molar-refractivity contribution in [2.45, 2.75) is 71.5 Å². The van der Waals surface area contributed by atoms with Crippen LogP contribution in [0, 0.1) is 11.8 Å². The van der Waals surface area contributed by atoms with Crippen LogP contribution < -0.4 is 0 Å². The van der Waals surface area contributed by atoms with Crippen LogP contribution in [0.25, 0.3) is 5.65 Å². The van der Waals surface area contributed by atoms with Gasteiger partial charge in [-0.1, -0.05) is 40.0 Å². The minimum atomic E-state index is -1.56. The van der Waals surface area contributed by atoms with Crippen molar-refractivity contribution < 1.29 is 10.2 Å². The molecule has 1 saturated carbocycles. The standard InChI is InChI=1S/C19H29N3O2/c1-4-13-5-7-14(8-6-13)9-15-10-17(12(2)3)22-18(20-15)11-16(21-22)19(23)24/h10-14,19,23-24H,4-9H2,1-3H3. The molecule has 5 nitrogen and oxygen atoms in total. The SMILES string of the molecule is CCC1CCC(Cc2cc(C(C)C)n3nc(C(O)O)cc3n2)CC1. The summed E-state index contributed by atoms with van der Waals surface area (Å²) < 4.78 is 1.75. The molecule has 0 amide bonds. The zero-order valence-electron chi connectivity index (χ0n) is 14.9. The van der Waals surface area contributed by atoms with Crippen LogP contribution in [0.5, 0.6) is 0 Å². The Balaban J connectivity index is 1.85. The summed E-state index contributed by atoms with van der Waals surface area (Å²) in [5.74, 6) is 1.92. The topological polar surface area (TPSA) is 70.7 Å². The molecule has 0 unspecified atom stereocenters. The van der Waals surface area contributed by atoms with Crippen molar-refractivity contribution in [3.05, 3.63) is 29.2 Å². The van der Waals surface area contributed by atoms with Crippen LogP contribution in [0.15, 0.2) is 12.1 Å². The predicted octanol–water partition coefficient (Wildman–Crippen LogP) is 3.59. The summed E-state index contributed by atoms with van der Waals surface area (Å²) in [6.45, 7) is 6.55. The fourth-order valence-electron chi connectivity index (χ4n) is 3.85. The number of fused-ring (bicyclic) bond motifs is 1. The Morgan fingerprint density at radius 3 is 2.38 bits per heavy atom. The van der Waals surface area contributed by atoms with E-state index in [1.807, 2.05) is 0 Å². The van der Waals surface area contributed by atoms with Crippen molar-refractivity contribution in [1.29, 1.82) is 0 Å². The molecule has 2 heterocycles. The second-order valence-electron chi connectivity index (χ2n) is 7.54. The van der Waals surface area contributed by atoms with Crippen molar-refractivity contribution in [1.82, 2.24) is 14.6 Å². The first-order valence-electron chi connectivity index (χ1n) is 9.23. The van der Waals surface area contributed by atoms with Crippen molar-refractivity contribution in [2.24, 2.45) is 11.8 Å². The van der Waals surface area contributed by atoms with Gasteiger partial charge in [0.05, 0.1) is 0 Å². The number of nitrogens with zero attached hydrogens (tertiary/aromatic N) is 3. The fourth-order valence-corrected chi connectivity index (χ4v) is 3.85. The molecule has 0 atom stereocenters. The molecule has 132 valence electrons. The molecule has 1 aliphatic rings. The number of aliphatic hydroxyl groups is 2. The Kier molecular flexibility index (Phi) is 5.21. The van der Waals surface area contributed by atoms with Gasteiger partial charge in [-0.05, 0) is 43.1 Å². The van der Waals surface area contributed by atoms with E-state index in [-0.39, 0.29) is 5.69 Å². The molecule has 2 aromatic rings. The maximum Gasteiger partial charge on any atom is 0.198 e. The molecular formula is C19H29N3O2. The summed E-state index contributed by atoms with van der Waals surface area (Å²) in [6.07, 6.45) is 6.03. The molecule has 1 aliphatic carbocycles. The van der Waals surface area contributed by atoms with Gasteiger partial charge in [0.1, 0.15) is 5.69 Å². The van der Waals surface area contributed by atoms with E-state index in [4.69, 9.17) is 4.98 Å². The van der Waals surface area contributed by atoms with E-state index in [0.717, 1.165) is 23.7 Å². The van der Waals surface area contributed by atoms with Crippen molar-refractivity contribution in [3.8, 4) is 0 Å². The molecular weight excluding hydrogens is 302 g/mol. The molecule has 0 radical (unpaired) electrons. The minimum Gasteiger partial charge on any atom is -0.363 e. The maximum absolute atomic E-state index is 9.38. The Hall–Kier alpha value is -1.46. The Morgan fingerprint density at radius 1 is 1.12 bits per heavy atom. The lowest BCUT2D eigenvalue weighted by atomic mass is 9.79. The molecule has 3 rings (SSSR count). The largest absolute Gasteiger partial charge is 0.363 e. The van der Waals surface area contributed by atoms with E-state index in [9.17, 15) is 10.2 Å². The van der Waals surface area contributed by atoms with Gasteiger partial charge in [-0.3, -0.25) is 0 Å². The number of aliphatic hydroxyl groups excluding tert-OH is 1. The van der Waals surface area contributed by atoms with Crippen LogP contribution in [-0.4, -0.2) is 24.8 Å². The molecule has 0 aromatic carbocycles. The number of hydrogen-bond acceptors (Lipinski definition) is 4. The van der Waals surface area contributed by atoms with Crippen LogP contribution >= 0.6 is 0 Å². The zero-order valence-corrected chi connectivity index (χ0v) is 14.9. The summed E-state index contributed by atoms with van der Waals surface area (Å²) in [7, 11) is 0. The first-order valence-corrected chi connectivity index (χ1v) is 9.23. The maximum atomic E-state index is 9.38. The molecule has 2 aromatic heterocycles. The molecule has 0 bridgehead atoms. The quantitative estimate of drug-likeness (QED) is 0.821. The van der Waals surface area contributed by atoms with E-state index < -0.39 is 6.29 Å². The van der Waals surface area contributed by atoms with Crippen LogP contribution in [0.1, 0.15) is 82.2 Å². The van der Waals surface area contributed by atoms with E-state index >= 15 is 0 Å². The first kappa shape index (κ1) is 17.4. The van der Waals surface area contributed by atoms with E-state index in [2.05, 4.69) is 31.9 Å². The highest BCUT2D eigenvalue weighted by Crippen LogP contribution is 2.32. The predicted molar refractivity (Wildman–Crippen MR) is 93.7 cm³/mol. The molecule has 0 spiro atoms. The first-order chi connectivity index (χ1) is 11.5. The third kappa shape index (κ3) is 3.62. The van der Waals surface area contributed by atoms with Gasteiger partial charge in [-0.15, -0.1) is 0 Å². The second-order valence-corrected chi connectivity index (χ2v) is 7.54. The lowest BCUT2D eigenvalue weighted by molar-refractivity contribution is -0.0460. The second kappa shape index (κ2) is 7.19. The highest BCUT2D eigenvalue weighted by Gasteiger charge is 2.22. The molecule has 0 saturated heterocycles. The molecule has 1 fully saturated rings. The van der Waals surface area contributed by atoms with Gasteiger partial charge in [-0.2, -0.15) is 5.10 Å². The molecule has 24 heavy (non-hydrogen) atoms. The van der Waals surface area contributed by atoms with Gasteiger partial charge >= 0.3 is 0 Å². The molecule has 0 aliphatic heterocycles. The van der Waals surface area contributed by atoms with E-state index in [0.29, 0.717) is 17.5 Å². The fraction of sp³-hybridized carbons (Fsp3) is 0.684. The lowest BCUT2D eigenvalue weighted by Crippen LogP contribution is -2.17. The number of aromatic nitrogens is 3. The summed E-state index contributed by atoms with van der Waals surface area (Å²) in [4.78, 5) is 4.73. The summed E-state index contributed by atoms with van der Waals surface area (Å²) in [6, 6.07) is 3.82. The number of hydrogen-bond donors (Lipinski definition) is 2. The van der Waals surface area contributed by atoms with Crippen LogP contribution in [0.4, 0.5) is 0 Å². The van der Waals surface area contributed by atoms with Crippen molar-refractivity contribution in [2.75, 3.05) is 0 Å². The third-order valence-electron chi connectivity index (χ3n) is 5.42. The average molecular weight is 331 g/mol. The van der Waals surface area contributed by atoms with Gasteiger partial charge < -0.3 is 10.2 Å². The van der Waals surface area contributed by atoms with Crippen molar-refractivity contribution in [3.63, 3.8) is 0 Å². The smallest absolute Gasteiger partial charge is 0.198 e.